The molecular formula is C28H28N4O2S. The Kier molecular flexibility index (Phi) is 5.89. The number of thioether (sulfide) groups is 1. The zero-order chi connectivity index (χ0) is 24.7. The minimum Gasteiger partial charge on any atom is -0.492 e. The number of benzene rings is 2. The van der Waals surface area contributed by atoms with Crippen LogP contribution >= 0.6 is 11.8 Å². The first kappa shape index (κ1) is 23.2. The molecule has 0 radical (unpaired) electrons. The average molecular weight is 485 g/mol. The van der Waals surface area contributed by atoms with Gasteiger partial charge in [0.15, 0.2) is 5.17 Å². The number of hydrogen-bond acceptors (Lipinski definition) is 4. The lowest BCUT2D eigenvalue weighted by molar-refractivity contribution is -0.114. The van der Waals surface area contributed by atoms with Crippen molar-refractivity contribution in [3.8, 4) is 5.75 Å². The minimum absolute atomic E-state index is 0.110. The largest absolute Gasteiger partial charge is 0.492 e. The molecule has 2 aromatic carbocycles. The molecule has 0 saturated carbocycles. The van der Waals surface area contributed by atoms with Crippen molar-refractivity contribution in [1.29, 1.82) is 5.41 Å². The van der Waals surface area contributed by atoms with Crippen molar-refractivity contribution in [3.05, 3.63) is 82.5 Å². The number of amides is 1. The number of ether oxygens (including phenoxy) is 1. The molecule has 0 unspecified atom stereocenters. The molecule has 0 atom stereocenters. The molecule has 35 heavy (non-hydrogen) atoms. The number of carbonyl (C=O) groups excluding carboxylic acids is 1. The lowest BCUT2D eigenvalue weighted by Crippen LogP contribution is -2.35. The third-order valence-electron chi connectivity index (χ3n) is 6.13. The van der Waals surface area contributed by atoms with Crippen LogP contribution in [0.3, 0.4) is 0 Å². The van der Waals surface area contributed by atoms with E-state index in [0.29, 0.717) is 23.9 Å². The molecule has 1 amide bonds. The number of carbonyl (C=O) groups is 1. The van der Waals surface area contributed by atoms with E-state index in [1.165, 1.54) is 17.3 Å². The summed E-state index contributed by atoms with van der Waals surface area (Å²) in [6.07, 6.45) is 5.64. The summed E-state index contributed by atoms with van der Waals surface area (Å²) in [7, 11) is 0. The quantitative estimate of drug-likeness (QED) is 0.439. The van der Waals surface area contributed by atoms with E-state index in [-0.39, 0.29) is 17.2 Å². The number of para-hydroxylation sites is 1. The highest BCUT2D eigenvalue weighted by atomic mass is 32.2. The molecule has 2 aliphatic heterocycles. The van der Waals surface area contributed by atoms with Gasteiger partial charge in [0.05, 0.1) is 12.1 Å². The van der Waals surface area contributed by atoms with Crippen LogP contribution in [0, 0.1) is 5.41 Å². The van der Waals surface area contributed by atoms with Crippen LogP contribution in [-0.2, 0) is 16.8 Å². The van der Waals surface area contributed by atoms with Gasteiger partial charge in [-0.1, -0.05) is 62.9 Å². The Balaban J connectivity index is 1.37. The molecular weight excluding hydrogens is 456 g/mol. The van der Waals surface area contributed by atoms with Gasteiger partial charge in [0, 0.05) is 33.8 Å². The van der Waals surface area contributed by atoms with Crippen molar-refractivity contribution < 1.29 is 9.53 Å². The maximum atomic E-state index is 12.7. The Morgan fingerprint density at radius 1 is 1.11 bits per heavy atom. The summed E-state index contributed by atoms with van der Waals surface area (Å²) in [4.78, 5) is 19.6. The van der Waals surface area contributed by atoms with Crippen molar-refractivity contribution >= 4 is 45.7 Å². The molecule has 0 bridgehead atoms. The molecule has 0 fully saturated rings. The summed E-state index contributed by atoms with van der Waals surface area (Å²) < 4.78 is 8.15. The van der Waals surface area contributed by atoms with Gasteiger partial charge in [-0.3, -0.25) is 15.1 Å². The number of allylic oxidation sites excluding steroid dienone is 1. The summed E-state index contributed by atoms with van der Waals surface area (Å²) in [5.41, 5.74) is 3.61. The summed E-state index contributed by atoms with van der Waals surface area (Å²) in [6.45, 7) is 9.71. The fourth-order valence-electron chi connectivity index (χ4n) is 4.25. The molecule has 0 aliphatic carbocycles. The van der Waals surface area contributed by atoms with Gasteiger partial charge >= 0.3 is 0 Å². The molecule has 2 aliphatic rings. The van der Waals surface area contributed by atoms with Gasteiger partial charge < -0.3 is 9.30 Å². The van der Waals surface area contributed by atoms with Crippen LogP contribution in [0.4, 0.5) is 0 Å². The molecule has 0 spiro atoms. The number of aliphatic imine (C=N–C) groups is 1. The predicted octanol–water partition coefficient (Wildman–Crippen LogP) is 6.18. The summed E-state index contributed by atoms with van der Waals surface area (Å²) in [5.74, 6) is 0.623. The molecule has 0 saturated heterocycles. The van der Waals surface area contributed by atoms with Crippen LogP contribution < -0.4 is 4.74 Å². The van der Waals surface area contributed by atoms with Crippen molar-refractivity contribution in [3.63, 3.8) is 0 Å². The van der Waals surface area contributed by atoms with Gasteiger partial charge in [-0.15, -0.1) is 0 Å². The topological polar surface area (TPSA) is 70.7 Å². The Labute approximate surface area is 209 Å². The molecule has 7 heteroatoms. The smallest absolute Gasteiger partial charge is 0.283 e. The maximum Gasteiger partial charge on any atom is 0.283 e. The lowest BCUT2D eigenvalue weighted by Gasteiger charge is -2.22. The lowest BCUT2D eigenvalue weighted by atomic mass is 9.87. The van der Waals surface area contributed by atoms with E-state index in [9.17, 15) is 4.79 Å². The molecule has 3 heterocycles. The van der Waals surface area contributed by atoms with Gasteiger partial charge in [-0.25, -0.2) is 0 Å². The first-order valence-corrected chi connectivity index (χ1v) is 12.4. The first-order chi connectivity index (χ1) is 16.7. The van der Waals surface area contributed by atoms with Gasteiger partial charge in [-0.2, -0.15) is 4.99 Å². The average Bonchev–Trinajstić information content (AvgIpc) is 3.36. The Morgan fingerprint density at radius 3 is 2.60 bits per heavy atom. The van der Waals surface area contributed by atoms with Crippen molar-refractivity contribution in [2.45, 2.75) is 39.7 Å². The van der Waals surface area contributed by atoms with Crippen LogP contribution in [-0.4, -0.2) is 33.0 Å². The van der Waals surface area contributed by atoms with Crippen LogP contribution in [0.15, 0.2) is 76.4 Å². The SMILES string of the molecule is CC1=CN2C(=N)/C(=C\c3cn(CCOc4ccc(C(C)(C)C)cc4)c4ccccc34)C(=O)N=C2S1. The van der Waals surface area contributed by atoms with E-state index in [2.05, 4.69) is 48.5 Å². The number of aromatic nitrogens is 1. The van der Waals surface area contributed by atoms with E-state index >= 15 is 0 Å². The molecule has 5 rings (SSSR count). The predicted molar refractivity (Wildman–Crippen MR) is 144 cm³/mol. The fraction of sp³-hybridized carbons (Fsp3) is 0.250. The summed E-state index contributed by atoms with van der Waals surface area (Å²) in [6, 6.07) is 16.3. The Hall–Kier alpha value is -3.58. The number of rotatable bonds is 5. The summed E-state index contributed by atoms with van der Waals surface area (Å²) >= 11 is 1.41. The zero-order valence-electron chi connectivity index (χ0n) is 20.3. The number of hydrogen-bond donors (Lipinski definition) is 1. The number of nitrogens with one attached hydrogen (secondary N) is 1. The zero-order valence-corrected chi connectivity index (χ0v) is 21.1. The van der Waals surface area contributed by atoms with E-state index in [4.69, 9.17) is 10.1 Å². The highest BCUT2D eigenvalue weighted by molar-refractivity contribution is 8.17. The van der Waals surface area contributed by atoms with Gasteiger partial charge in [0.1, 0.15) is 18.2 Å². The first-order valence-electron chi connectivity index (χ1n) is 11.6. The van der Waals surface area contributed by atoms with Gasteiger partial charge in [0.2, 0.25) is 0 Å². The van der Waals surface area contributed by atoms with Gasteiger partial charge in [0.25, 0.3) is 5.91 Å². The van der Waals surface area contributed by atoms with E-state index in [1.54, 1.807) is 11.0 Å². The Bertz CT molecular complexity index is 1420. The highest BCUT2D eigenvalue weighted by Gasteiger charge is 2.33. The third kappa shape index (κ3) is 4.56. The standard InChI is InChI=1S/C28H28N4O2S/c1-18-16-32-25(29)23(26(33)30-27(32)35-18)15-19-17-31(24-8-6-5-7-22(19)24)13-14-34-21-11-9-20(10-12-21)28(2,3)4/h5-12,15-17,29H,13-14H2,1-4H3/b23-15+,29-25?. The van der Waals surface area contributed by atoms with Gasteiger partial charge in [-0.05, 0) is 42.2 Å². The Morgan fingerprint density at radius 2 is 1.86 bits per heavy atom. The normalized spacial score (nSPS) is 17.1. The van der Waals surface area contributed by atoms with E-state index in [1.807, 2.05) is 49.7 Å². The second-order valence-electron chi connectivity index (χ2n) is 9.74. The third-order valence-corrected chi connectivity index (χ3v) is 7.03. The molecule has 6 nitrogen and oxygen atoms in total. The van der Waals surface area contributed by atoms with Crippen molar-refractivity contribution in [1.82, 2.24) is 9.47 Å². The van der Waals surface area contributed by atoms with E-state index in [0.717, 1.165) is 27.1 Å². The highest BCUT2D eigenvalue weighted by Crippen LogP contribution is 2.33. The van der Waals surface area contributed by atoms with Crippen molar-refractivity contribution in [2.75, 3.05) is 6.61 Å². The fourth-order valence-corrected chi connectivity index (χ4v) is 5.06. The monoisotopic (exact) mass is 484 g/mol. The maximum absolute atomic E-state index is 12.7. The van der Waals surface area contributed by atoms with Crippen LogP contribution in [0.1, 0.15) is 38.8 Å². The van der Waals surface area contributed by atoms with Crippen molar-refractivity contribution in [2.24, 2.45) is 4.99 Å². The minimum atomic E-state index is -0.379. The molecule has 1 aromatic heterocycles. The number of nitrogens with zero attached hydrogens (tertiary/aromatic N) is 3. The van der Waals surface area contributed by atoms with Crippen LogP contribution in [0.25, 0.3) is 17.0 Å². The molecule has 3 aromatic rings. The molecule has 178 valence electrons. The van der Waals surface area contributed by atoms with E-state index < -0.39 is 0 Å². The summed E-state index contributed by atoms with van der Waals surface area (Å²) in [5, 5.41) is 10.2. The number of fused-ring (bicyclic) bond motifs is 2. The van der Waals surface area contributed by atoms with Crippen LogP contribution in [0.2, 0.25) is 0 Å². The second kappa shape index (κ2) is 8.89. The molecule has 1 N–H and O–H groups in total. The number of amidine groups is 2. The second-order valence-corrected chi connectivity index (χ2v) is 10.9. The van der Waals surface area contributed by atoms with Crippen LogP contribution in [0.5, 0.6) is 5.75 Å².